The molecule has 0 amide bonds. The first-order chi connectivity index (χ1) is 7.25. The van der Waals surface area contributed by atoms with Crippen LogP contribution in [0.5, 0.6) is 0 Å². The van der Waals surface area contributed by atoms with Crippen LogP contribution in [0.1, 0.15) is 18.3 Å². The van der Waals surface area contributed by atoms with E-state index in [1.807, 2.05) is 19.3 Å². The van der Waals surface area contributed by atoms with Crippen LogP contribution in [0.3, 0.4) is 0 Å². The monoisotopic (exact) mass is 221 g/mol. The first-order valence-corrected chi connectivity index (χ1v) is 5.96. The zero-order valence-corrected chi connectivity index (χ0v) is 9.57. The first kappa shape index (κ1) is 10.4. The summed E-state index contributed by atoms with van der Waals surface area (Å²) in [6.45, 7) is 2.90. The van der Waals surface area contributed by atoms with E-state index < -0.39 is 0 Å². The van der Waals surface area contributed by atoms with E-state index in [0.29, 0.717) is 0 Å². The Balaban J connectivity index is 2.11. The smallest absolute Gasteiger partial charge is 0.110 e. The Morgan fingerprint density at radius 2 is 2.47 bits per heavy atom. The molecule has 0 spiro atoms. The molecule has 2 aromatic rings. The summed E-state index contributed by atoms with van der Waals surface area (Å²) in [5.41, 5.74) is 7.10. The van der Waals surface area contributed by atoms with Crippen molar-refractivity contribution in [2.75, 3.05) is 0 Å². The maximum Gasteiger partial charge on any atom is 0.110 e. The van der Waals surface area contributed by atoms with Crippen LogP contribution in [0.2, 0.25) is 0 Å². The van der Waals surface area contributed by atoms with Crippen molar-refractivity contribution >= 4 is 11.3 Å². The molecule has 4 heteroatoms. The average molecular weight is 221 g/mol. The molecule has 15 heavy (non-hydrogen) atoms. The van der Waals surface area contributed by atoms with E-state index in [2.05, 4.69) is 26.4 Å². The number of thiophene rings is 1. The van der Waals surface area contributed by atoms with Gasteiger partial charge in [0.15, 0.2) is 0 Å². The van der Waals surface area contributed by atoms with E-state index in [4.69, 9.17) is 5.73 Å². The van der Waals surface area contributed by atoms with Gasteiger partial charge in [0.25, 0.3) is 0 Å². The van der Waals surface area contributed by atoms with Crippen LogP contribution in [-0.2, 0) is 13.0 Å². The second-order valence-corrected chi connectivity index (χ2v) is 4.56. The molecule has 0 saturated carbocycles. The fraction of sp³-hybridized carbons (Fsp3) is 0.364. The number of nitrogens with zero attached hydrogens (tertiary/aromatic N) is 2. The SMILES string of the molecule is CC(N)Cc1nccn1Cc1ccsc1. The molecule has 1 atom stereocenters. The van der Waals surface area contributed by atoms with Crippen LogP contribution < -0.4 is 5.73 Å². The van der Waals surface area contributed by atoms with Crippen molar-refractivity contribution in [1.29, 1.82) is 0 Å². The van der Waals surface area contributed by atoms with Crippen molar-refractivity contribution in [3.63, 3.8) is 0 Å². The molecule has 0 aliphatic rings. The number of hydrogen-bond acceptors (Lipinski definition) is 3. The third-order valence-electron chi connectivity index (χ3n) is 2.24. The lowest BCUT2D eigenvalue weighted by molar-refractivity contribution is 0.649. The highest BCUT2D eigenvalue weighted by atomic mass is 32.1. The van der Waals surface area contributed by atoms with Gasteiger partial charge in [-0.05, 0) is 29.3 Å². The third-order valence-corrected chi connectivity index (χ3v) is 2.97. The zero-order valence-electron chi connectivity index (χ0n) is 8.76. The van der Waals surface area contributed by atoms with Gasteiger partial charge in [-0.1, -0.05) is 0 Å². The van der Waals surface area contributed by atoms with E-state index in [9.17, 15) is 0 Å². The lowest BCUT2D eigenvalue weighted by atomic mass is 10.2. The molecular weight excluding hydrogens is 206 g/mol. The second-order valence-electron chi connectivity index (χ2n) is 3.78. The summed E-state index contributed by atoms with van der Waals surface area (Å²) in [5.74, 6) is 1.07. The maximum atomic E-state index is 5.77. The van der Waals surface area contributed by atoms with Crippen LogP contribution in [-0.4, -0.2) is 15.6 Å². The molecule has 0 saturated heterocycles. The summed E-state index contributed by atoms with van der Waals surface area (Å²) in [5, 5.41) is 4.26. The van der Waals surface area contributed by atoms with Gasteiger partial charge in [0, 0.05) is 31.4 Å². The van der Waals surface area contributed by atoms with Crippen molar-refractivity contribution < 1.29 is 0 Å². The van der Waals surface area contributed by atoms with Crippen molar-refractivity contribution in [1.82, 2.24) is 9.55 Å². The number of rotatable bonds is 4. The number of nitrogens with two attached hydrogens (primary N) is 1. The lowest BCUT2D eigenvalue weighted by Crippen LogP contribution is -2.20. The molecule has 0 bridgehead atoms. The Labute approximate surface area is 93.6 Å². The summed E-state index contributed by atoms with van der Waals surface area (Å²) in [7, 11) is 0. The molecule has 80 valence electrons. The highest BCUT2D eigenvalue weighted by Gasteiger charge is 2.05. The van der Waals surface area contributed by atoms with E-state index in [1.54, 1.807) is 11.3 Å². The number of hydrogen-bond donors (Lipinski definition) is 1. The summed E-state index contributed by atoms with van der Waals surface area (Å²) >= 11 is 1.72. The molecule has 0 radical (unpaired) electrons. The van der Waals surface area contributed by atoms with Crippen LogP contribution in [0.15, 0.2) is 29.2 Å². The molecule has 0 aliphatic heterocycles. The molecule has 0 fully saturated rings. The molecule has 3 nitrogen and oxygen atoms in total. The minimum atomic E-state index is 0.161. The fourth-order valence-electron chi connectivity index (χ4n) is 1.54. The van der Waals surface area contributed by atoms with Gasteiger partial charge in [-0.2, -0.15) is 11.3 Å². The second kappa shape index (κ2) is 4.59. The first-order valence-electron chi connectivity index (χ1n) is 5.02. The Hall–Kier alpha value is -1.13. The standard InChI is InChI=1S/C11H15N3S/c1-9(12)6-11-13-3-4-14(11)7-10-2-5-15-8-10/h2-5,8-9H,6-7,12H2,1H3. The predicted octanol–water partition coefficient (Wildman–Crippen LogP) is 1.88. The van der Waals surface area contributed by atoms with E-state index >= 15 is 0 Å². The molecule has 1 unspecified atom stereocenters. The average Bonchev–Trinajstić information content (AvgIpc) is 2.78. The summed E-state index contributed by atoms with van der Waals surface area (Å²) < 4.78 is 2.16. The molecule has 2 N–H and O–H groups in total. The molecule has 2 aromatic heterocycles. The number of aromatic nitrogens is 2. The minimum absolute atomic E-state index is 0.161. The quantitative estimate of drug-likeness (QED) is 0.856. The van der Waals surface area contributed by atoms with E-state index in [1.165, 1.54) is 5.56 Å². The van der Waals surface area contributed by atoms with Crippen LogP contribution in [0.4, 0.5) is 0 Å². The van der Waals surface area contributed by atoms with Gasteiger partial charge in [0.05, 0.1) is 0 Å². The van der Waals surface area contributed by atoms with Crippen molar-refractivity contribution in [3.05, 3.63) is 40.6 Å². The van der Waals surface area contributed by atoms with Gasteiger partial charge in [-0.25, -0.2) is 4.98 Å². The number of imidazole rings is 1. The van der Waals surface area contributed by atoms with Gasteiger partial charge >= 0.3 is 0 Å². The normalized spacial score (nSPS) is 12.9. The molecule has 0 aliphatic carbocycles. The summed E-state index contributed by atoms with van der Waals surface area (Å²) in [6.07, 6.45) is 4.68. The molecule has 0 aromatic carbocycles. The van der Waals surface area contributed by atoms with Crippen LogP contribution in [0.25, 0.3) is 0 Å². The Morgan fingerprint density at radius 1 is 1.60 bits per heavy atom. The zero-order chi connectivity index (χ0) is 10.7. The molecular formula is C11H15N3S. The van der Waals surface area contributed by atoms with Crippen molar-refractivity contribution in [3.8, 4) is 0 Å². The Kier molecular flexibility index (Phi) is 3.18. The van der Waals surface area contributed by atoms with E-state index in [0.717, 1.165) is 18.8 Å². The minimum Gasteiger partial charge on any atom is -0.330 e. The fourth-order valence-corrected chi connectivity index (χ4v) is 2.20. The maximum absolute atomic E-state index is 5.77. The molecule has 2 heterocycles. The van der Waals surface area contributed by atoms with Crippen molar-refractivity contribution in [2.45, 2.75) is 25.9 Å². The van der Waals surface area contributed by atoms with Crippen LogP contribution >= 0.6 is 11.3 Å². The topological polar surface area (TPSA) is 43.8 Å². The van der Waals surface area contributed by atoms with Gasteiger partial charge in [0.2, 0.25) is 0 Å². The van der Waals surface area contributed by atoms with Gasteiger partial charge in [-0.15, -0.1) is 0 Å². The Morgan fingerprint density at radius 3 is 3.13 bits per heavy atom. The lowest BCUT2D eigenvalue weighted by Gasteiger charge is -2.08. The summed E-state index contributed by atoms with van der Waals surface area (Å²) in [6, 6.07) is 2.30. The highest BCUT2D eigenvalue weighted by molar-refractivity contribution is 7.07. The highest BCUT2D eigenvalue weighted by Crippen LogP contribution is 2.10. The van der Waals surface area contributed by atoms with Gasteiger partial charge in [-0.3, -0.25) is 0 Å². The van der Waals surface area contributed by atoms with Gasteiger partial charge in [0.1, 0.15) is 5.82 Å². The molecule has 2 rings (SSSR count). The van der Waals surface area contributed by atoms with E-state index in [-0.39, 0.29) is 6.04 Å². The van der Waals surface area contributed by atoms with Crippen LogP contribution in [0, 0.1) is 0 Å². The Bertz CT molecular complexity index is 403. The third kappa shape index (κ3) is 2.67. The van der Waals surface area contributed by atoms with Crippen molar-refractivity contribution in [2.24, 2.45) is 5.73 Å². The van der Waals surface area contributed by atoms with Gasteiger partial charge < -0.3 is 10.3 Å². The summed E-state index contributed by atoms with van der Waals surface area (Å²) in [4.78, 5) is 4.32. The predicted molar refractivity (Wildman–Crippen MR) is 63.0 cm³/mol. The largest absolute Gasteiger partial charge is 0.330 e.